The summed E-state index contributed by atoms with van der Waals surface area (Å²) in [5, 5.41) is 21.3. The molecule has 0 saturated carbocycles. The van der Waals surface area contributed by atoms with Crippen LogP contribution in [0, 0.1) is 0 Å². The maximum Gasteiger partial charge on any atom is 0.251 e. The first-order chi connectivity index (χ1) is 9.10. The van der Waals surface area contributed by atoms with Crippen LogP contribution < -0.4 is 5.32 Å². The number of carbonyl (C=O) groups is 1. The van der Waals surface area contributed by atoms with Crippen LogP contribution in [0.25, 0.3) is 0 Å². The molecule has 0 aliphatic rings. The highest BCUT2D eigenvalue weighted by Gasteiger charge is 2.09. The number of thiophene rings is 1. The number of phenolic OH excluding ortho intramolecular Hbond substituents is 2. The van der Waals surface area contributed by atoms with E-state index >= 15 is 0 Å². The maximum atomic E-state index is 11.9. The number of carbonyl (C=O) groups excluding carboxylic acids is 1. The Morgan fingerprint density at radius 2 is 1.89 bits per heavy atom. The monoisotopic (exact) mass is 277 g/mol. The normalized spacial score (nSPS) is 10.4. The Labute approximate surface area is 115 Å². The second-order valence-electron chi connectivity index (χ2n) is 4.11. The number of hydrogen-bond acceptors (Lipinski definition) is 4. The molecule has 1 amide bonds. The van der Waals surface area contributed by atoms with Crippen LogP contribution in [-0.2, 0) is 13.0 Å². The predicted molar refractivity (Wildman–Crippen MR) is 74.6 cm³/mol. The fourth-order valence-corrected chi connectivity index (χ4v) is 2.54. The molecule has 0 saturated heterocycles. The lowest BCUT2D eigenvalue weighted by molar-refractivity contribution is 0.0951. The van der Waals surface area contributed by atoms with Crippen molar-refractivity contribution in [2.45, 2.75) is 19.9 Å². The van der Waals surface area contributed by atoms with Crippen LogP contribution in [-0.4, -0.2) is 16.1 Å². The first-order valence-corrected chi connectivity index (χ1v) is 6.79. The number of rotatable bonds is 4. The number of aryl methyl sites for hydroxylation is 1. The first kappa shape index (κ1) is 13.4. The summed E-state index contributed by atoms with van der Waals surface area (Å²) in [6.07, 6.45) is 0.991. The second kappa shape index (κ2) is 5.75. The van der Waals surface area contributed by atoms with E-state index in [2.05, 4.69) is 18.3 Å². The standard InChI is InChI=1S/C14H15NO3S/c1-2-10-4-5-11(19-10)8-15-14(18)9-3-6-12(16)13(17)7-9/h3-7,16-17H,2,8H2,1H3,(H,15,18). The second-order valence-corrected chi connectivity index (χ2v) is 5.36. The Bertz CT molecular complexity index is 592. The quantitative estimate of drug-likeness (QED) is 0.752. The Morgan fingerprint density at radius 3 is 2.53 bits per heavy atom. The summed E-state index contributed by atoms with van der Waals surface area (Å²) in [6, 6.07) is 8.06. The molecule has 3 N–H and O–H groups in total. The molecule has 1 heterocycles. The van der Waals surface area contributed by atoms with E-state index in [1.165, 1.54) is 23.1 Å². The third-order valence-corrected chi connectivity index (χ3v) is 3.96. The van der Waals surface area contributed by atoms with Crippen molar-refractivity contribution in [2.75, 3.05) is 0 Å². The fraction of sp³-hybridized carbons (Fsp3) is 0.214. The van der Waals surface area contributed by atoms with E-state index in [0.717, 1.165) is 11.3 Å². The van der Waals surface area contributed by atoms with Gasteiger partial charge in [0.05, 0.1) is 6.54 Å². The Balaban J connectivity index is 1.99. The predicted octanol–water partition coefficient (Wildman–Crippen LogP) is 2.65. The first-order valence-electron chi connectivity index (χ1n) is 5.98. The third kappa shape index (κ3) is 3.26. The highest BCUT2D eigenvalue weighted by atomic mass is 32.1. The van der Waals surface area contributed by atoms with Crippen molar-refractivity contribution in [3.8, 4) is 11.5 Å². The number of amides is 1. The van der Waals surface area contributed by atoms with Crippen LogP contribution in [0.3, 0.4) is 0 Å². The summed E-state index contributed by atoms with van der Waals surface area (Å²) in [4.78, 5) is 14.2. The molecule has 0 unspecified atom stereocenters. The van der Waals surface area contributed by atoms with Gasteiger partial charge >= 0.3 is 0 Å². The number of hydrogen-bond donors (Lipinski definition) is 3. The molecule has 1 aromatic heterocycles. The lowest BCUT2D eigenvalue weighted by atomic mass is 10.2. The summed E-state index contributed by atoms with van der Waals surface area (Å²) in [5.41, 5.74) is 0.322. The SMILES string of the molecule is CCc1ccc(CNC(=O)c2ccc(O)c(O)c2)s1. The van der Waals surface area contributed by atoms with E-state index in [1.807, 2.05) is 6.07 Å². The summed E-state index contributed by atoms with van der Waals surface area (Å²) >= 11 is 1.67. The zero-order chi connectivity index (χ0) is 13.8. The largest absolute Gasteiger partial charge is 0.504 e. The van der Waals surface area contributed by atoms with Crippen LogP contribution in [0.2, 0.25) is 0 Å². The van der Waals surface area contributed by atoms with Crippen molar-refractivity contribution in [3.63, 3.8) is 0 Å². The topological polar surface area (TPSA) is 69.6 Å². The van der Waals surface area contributed by atoms with Crippen molar-refractivity contribution >= 4 is 17.2 Å². The molecule has 2 aromatic rings. The van der Waals surface area contributed by atoms with Gasteiger partial charge in [-0.1, -0.05) is 6.92 Å². The minimum Gasteiger partial charge on any atom is -0.504 e. The summed E-state index contributed by atoms with van der Waals surface area (Å²) in [5.74, 6) is -0.804. The molecule has 0 aliphatic heterocycles. The van der Waals surface area contributed by atoms with Gasteiger partial charge in [0.25, 0.3) is 5.91 Å². The molecule has 0 spiro atoms. The Hall–Kier alpha value is -2.01. The van der Waals surface area contributed by atoms with Gasteiger partial charge in [-0.15, -0.1) is 11.3 Å². The minimum atomic E-state index is -0.294. The molecular formula is C14H15NO3S. The average Bonchev–Trinajstić information content (AvgIpc) is 2.87. The lowest BCUT2D eigenvalue weighted by Gasteiger charge is -2.05. The molecule has 5 heteroatoms. The van der Waals surface area contributed by atoms with E-state index in [0.29, 0.717) is 12.1 Å². The van der Waals surface area contributed by atoms with Gasteiger partial charge < -0.3 is 15.5 Å². The van der Waals surface area contributed by atoms with E-state index < -0.39 is 0 Å². The Morgan fingerprint density at radius 1 is 1.16 bits per heavy atom. The van der Waals surface area contributed by atoms with Gasteiger partial charge in [-0.3, -0.25) is 4.79 Å². The number of nitrogens with one attached hydrogen (secondary N) is 1. The maximum absolute atomic E-state index is 11.9. The van der Waals surface area contributed by atoms with Crippen LogP contribution >= 0.6 is 11.3 Å². The Kier molecular flexibility index (Phi) is 4.06. The zero-order valence-corrected chi connectivity index (χ0v) is 11.3. The third-order valence-electron chi connectivity index (χ3n) is 2.73. The molecule has 0 bridgehead atoms. The minimum absolute atomic E-state index is 0.234. The molecule has 2 rings (SSSR count). The fourth-order valence-electron chi connectivity index (χ4n) is 1.64. The van der Waals surface area contributed by atoms with E-state index in [-0.39, 0.29) is 17.4 Å². The van der Waals surface area contributed by atoms with Gasteiger partial charge in [-0.05, 0) is 36.8 Å². The average molecular weight is 277 g/mol. The van der Waals surface area contributed by atoms with Crippen molar-refractivity contribution in [1.82, 2.24) is 5.32 Å². The van der Waals surface area contributed by atoms with Crippen molar-refractivity contribution < 1.29 is 15.0 Å². The molecule has 4 nitrogen and oxygen atoms in total. The van der Waals surface area contributed by atoms with Gasteiger partial charge in [0.2, 0.25) is 0 Å². The van der Waals surface area contributed by atoms with Gasteiger partial charge in [-0.2, -0.15) is 0 Å². The van der Waals surface area contributed by atoms with E-state index in [9.17, 15) is 15.0 Å². The lowest BCUT2D eigenvalue weighted by Crippen LogP contribution is -2.22. The molecule has 100 valence electrons. The molecule has 0 fully saturated rings. The molecule has 0 radical (unpaired) electrons. The smallest absolute Gasteiger partial charge is 0.251 e. The molecule has 1 aromatic carbocycles. The summed E-state index contributed by atoms with van der Waals surface area (Å²) in [7, 11) is 0. The molecule has 0 atom stereocenters. The highest BCUT2D eigenvalue weighted by molar-refractivity contribution is 7.11. The van der Waals surface area contributed by atoms with Crippen molar-refractivity contribution in [2.24, 2.45) is 0 Å². The molecule has 19 heavy (non-hydrogen) atoms. The number of aromatic hydroxyl groups is 2. The van der Waals surface area contributed by atoms with Crippen LogP contribution in [0.4, 0.5) is 0 Å². The van der Waals surface area contributed by atoms with Gasteiger partial charge in [0, 0.05) is 15.3 Å². The van der Waals surface area contributed by atoms with Crippen molar-refractivity contribution in [1.29, 1.82) is 0 Å². The van der Waals surface area contributed by atoms with Gasteiger partial charge in [0.15, 0.2) is 11.5 Å². The van der Waals surface area contributed by atoms with Crippen molar-refractivity contribution in [3.05, 3.63) is 45.6 Å². The van der Waals surface area contributed by atoms with Gasteiger partial charge in [0.1, 0.15) is 0 Å². The van der Waals surface area contributed by atoms with Crippen LogP contribution in [0.15, 0.2) is 30.3 Å². The number of phenols is 2. The van der Waals surface area contributed by atoms with Crippen LogP contribution in [0.1, 0.15) is 27.0 Å². The van der Waals surface area contributed by atoms with E-state index in [4.69, 9.17) is 0 Å². The summed E-state index contributed by atoms with van der Waals surface area (Å²) < 4.78 is 0. The molecular weight excluding hydrogens is 262 g/mol. The van der Waals surface area contributed by atoms with Gasteiger partial charge in [-0.25, -0.2) is 0 Å². The molecule has 0 aliphatic carbocycles. The zero-order valence-electron chi connectivity index (χ0n) is 10.5. The van der Waals surface area contributed by atoms with E-state index in [1.54, 1.807) is 11.3 Å². The highest BCUT2D eigenvalue weighted by Crippen LogP contribution is 2.24. The van der Waals surface area contributed by atoms with Crippen LogP contribution in [0.5, 0.6) is 11.5 Å². The number of benzene rings is 1. The summed E-state index contributed by atoms with van der Waals surface area (Å²) in [6.45, 7) is 2.55.